The van der Waals surface area contributed by atoms with Gasteiger partial charge >= 0.3 is 0 Å². The molecule has 8 nitrogen and oxygen atoms in total. The van der Waals surface area contributed by atoms with Gasteiger partial charge < -0.3 is 19.9 Å². The predicted molar refractivity (Wildman–Crippen MR) is 102 cm³/mol. The SMILES string of the molecule is Cc1cc(C(=O)N[C@@H]2CN3CCCC[C@@]3(C(=O)NCC3CCOCC3)C2)no1. The quantitative estimate of drug-likeness (QED) is 0.786. The number of fused-ring (bicyclic) bond motifs is 1. The van der Waals surface area contributed by atoms with Crippen molar-refractivity contribution in [3.8, 4) is 0 Å². The van der Waals surface area contributed by atoms with Gasteiger partial charge in [0.25, 0.3) is 5.91 Å². The molecular formula is C20H30N4O4. The van der Waals surface area contributed by atoms with Gasteiger partial charge in [-0.1, -0.05) is 5.16 Å². The highest BCUT2D eigenvalue weighted by atomic mass is 16.5. The zero-order valence-electron chi connectivity index (χ0n) is 16.5. The first-order valence-corrected chi connectivity index (χ1v) is 10.4. The molecule has 3 aliphatic heterocycles. The molecule has 0 unspecified atom stereocenters. The third-order valence-electron chi connectivity index (χ3n) is 6.41. The van der Waals surface area contributed by atoms with E-state index >= 15 is 0 Å². The van der Waals surface area contributed by atoms with Crippen molar-refractivity contribution in [2.75, 3.05) is 32.8 Å². The molecule has 0 aromatic carbocycles. The van der Waals surface area contributed by atoms with E-state index in [1.807, 2.05) is 0 Å². The van der Waals surface area contributed by atoms with Crippen LogP contribution < -0.4 is 10.6 Å². The normalized spacial score (nSPS) is 28.7. The Balaban J connectivity index is 1.39. The van der Waals surface area contributed by atoms with Crippen LogP contribution in [-0.2, 0) is 9.53 Å². The molecule has 2 atom stereocenters. The summed E-state index contributed by atoms with van der Waals surface area (Å²) < 4.78 is 10.4. The number of carbonyl (C=O) groups excluding carboxylic acids is 2. The number of hydrogen-bond acceptors (Lipinski definition) is 6. The number of aromatic nitrogens is 1. The van der Waals surface area contributed by atoms with Crippen LogP contribution in [0, 0.1) is 12.8 Å². The summed E-state index contributed by atoms with van der Waals surface area (Å²) in [5, 5.41) is 10.1. The highest BCUT2D eigenvalue weighted by Gasteiger charge is 2.52. The van der Waals surface area contributed by atoms with E-state index in [2.05, 4.69) is 20.7 Å². The fourth-order valence-electron chi connectivity index (χ4n) is 4.86. The predicted octanol–water partition coefficient (Wildman–Crippen LogP) is 1.25. The van der Waals surface area contributed by atoms with Gasteiger partial charge in [0.05, 0.1) is 0 Å². The Hall–Kier alpha value is -1.93. The molecule has 1 aromatic rings. The van der Waals surface area contributed by atoms with Gasteiger partial charge in [0.15, 0.2) is 5.69 Å². The summed E-state index contributed by atoms with van der Waals surface area (Å²) in [5.74, 6) is 0.989. The Kier molecular flexibility index (Phi) is 5.68. The maximum absolute atomic E-state index is 13.2. The number of piperidine rings is 1. The van der Waals surface area contributed by atoms with Crippen LogP contribution in [0.3, 0.4) is 0 Å². The standard InChI is InChI=1S/C20H30N4O4/c1-14-10-17(23-28-14)18(25)22-16-11-20(6-2-3-7-24(20)13-16)19(26)21-12-15-4-8-27-9-5-15/h10,15-16H,2-9,11-13H2,1H3,(H,21,26)(H,22,25)/t16-,20-/m0/s1. The smallest absolute Gasteiger partial charge is 0.273 e. The molecule has 3 aliphatic rings. The van der Waals surface area contributed by atoms with Gasteiger partial charge in [-0.25, -0.2) is 0 Å². The average molecular weight is 390 g/mol. The van der Waals surface area contributed by atoms with Crippen LogP contribution in [0.25, 0.3) is 0 Å². The summed E-state index contributed by atoms with van der Waals surface area (Å²) >= 11 is 0. The van der Waals surface area contributed by atoms with Crippen molar-refractivity contribution >= 4 is 11.8 Å². The molecule has 154 valence electrons. The molecule has 2 amide bonds. The van der Waals surface area contributed by atoms with Gasteiger partial charge in [0, 0.05) is 38.4 Å². The summed E-state index contributed by atoms with van der Waals surface area (Å²) in [7, 11) is 0. The van der Waals surface area contributed by atoms with Crippen LogP contribution in [-0.4, -0.2) is 66.3 Å². The van der Waals surface area contributed by atoms with Crippen LogP contribution in [0.1, 0.15) is 54.8 Å². The van der Waals surface area contributed by atoms with Crippen molar-refractivity contribution < 1.29 is 18.8 Å². The zero-order valence-corrected chi connectivity index (χ0v) is 16.5. The highest BCUT2D eigenvalue weighted by molar-refractivity contribution is 5.93. The summed E-state index contributed by atoms with van der Waals surface area (Å²) in [4.78, 5) is 28.0. The molecule has 8 heteroatoms. The number of amides is 2. The van der Waals surface area contributed by atoms with E-state index in [1.165, 1.54) is 0 Å². The van der Waals surface area contributed by atoms with E-state index in [9.17, 15) is 9.59 Å². The first-order valence-electron chi connectivity index (χ1n) is 10.4. The van der Waals surface area contributed by atoms with E-state index in [0.717, 1.165) is 51.9 Å². The number of hydrogen-bond donors (Lipinski definition) is 2. The van der Waals surface area contributed by atoms with Crippen LogP contribution >= 0.6 is 0 Å². The first kappa shape index (κ1) is 19.4. The lowest BCUT2D eigenvalue weighted by Gasteiger charge is -2.41. The molecule has 0 aliphatic carbocycles. The molecule has 3 fully saturated rings. The Labute approximate surface area is 165 Å². The number of nitrogens with zero attached hydrogens (tertiary/aromatic N) is 2. The molecule has 28 heavy (non-hydrogen) atoms. The summed E-state index contributed by atoms with van der Waals surface area (Å²) in [6.45, 7) is 5.65. The van der Waals surface area contributed by atoms with Gasteiger partial charge in [-0.3, -0.25) is 14.5 Å². The number of aryl methyl sites for hydroxylation is 1. The van der Waals surface area contributed by atoms with Gasteiger partial charge in [-0.15, -0.1) is 0 Å². The van der Waals surface area contributed by atoms with Crippen molar-refractivity contribution in [3.05, 3.63) is 17.5 Å². The number of rotatable bonds is 5. The Morgan fingerprint density at radius 3 is 2.89 bits per heavy atom. The van der Waals surface area contributed by atoms with E-state index in [0.29, 0.717) is 36.9 Å². The minimum atomic E-state index is -0.499. The second-order valence-electron chi connectivity index (χ2n) is 8.40. The van der Waals surface area contributed by atoms with Crippen LogP contribution in [0.4, 0.5) is 0 Å². The topological polar surface area (TPSA) is 96.7 Å². The largest absolute Gasteiger partial charge is 0.381 e. The van der Waals surface area contributed by atoms with Crippen molar-refractivity contribution in [2.45, 2.75) is 57.0 Å². The van der Waals surface area contributed by atoms with Crippen LogP contribution in [0.5, 0.6) is 0 Å². The molecule has 3 saturated heterocycles. The fourth-order valence-corrected chi connectivity index (χ4v) is 4.86. The minimum Gasteiger partial charge on any atom is -0.381 e. The number of nitrogens with one attached hydrogen (secondary N) is 2. The third kappa shape index (κ3) is 3.93. The molecule has 4 rings (SSSR count). The molecule has 1 aromatic heterocycles. The molecule has 0 spiro atoms. The van der Waals surface area contributed by atoms with Crippen molar-refractivity contribution in [1.82, 2.24) is 20.7 Å². The second kappa shape index (κ2) is 8.21. The molecule has 0 radical (unpaired) electrons. The lowest BCUT2D eigenvalue weighted by molar-refractivity contribution is -0.134. The number of ether oxygens (including phenoxy) is 1. The molecule has 4 heterocycles. The molecular weight excluding hydrogens is 360 g/mol. The average Bonchev–Trinajstić information content (AvgIpc) is 3.30. The van der Waals surface area contributed by atoms with E-state index < -0.39 is 5.54 Å². The van der Waals surface area contributed by atoms with Gasteiger partial charge in [-0.05, 0) is 57.9 Å². The summed E-state index contributed by atoms with van der Waals surface area (Å²) in [6.07, 6.45) is 5.65. The maximum atomic E-state index is 13.2. The second-order valence-corrected chi connectivity index (χ2v) is 8.40. The van der Waals surface area contributed by atoms with E-state index in [-0.39, 0.29) is 17.9 Å². The Morgan fingerprint density at radius 1 is 1.32 bits per heavy atom. The van der Waals surface area contributed by atoms with E-state index in [1.54, 1.807) is 13.0 Å². The lowest BCUT2D eigenvalue weighted by Crippen LogP contribution is -2.58. The van der Waals surface area contributed by atoms with Gasteiger partial charge in [-0.2, -0.15) is 0 Å². The van der Waals surface area contributed by atoms with Crippen LogP contribution in [0.2, 0.25) is 0 Å². The molecule has 0 saturated carbocycles. The van der Waals surface area contributed by atoms with Crippen LogP contribution in [0.15, 0.2) is 10.6 Å². The number of carbonyl (C=O) groups is 2. The monoisotopic (exact) mass is 390 g/mol. The molecule has 0 bridgehead atoms. The van der Waals surface area contributed by atoms with Crippen molar-refractivity contribution in [2.24, 2.45) is 5.92 Å². The summed E-state index contributed by atoms with van der Waals surface area (Å²) in [5.41, 5.74) is -0.207. The highest BCUT2D eigenvalue weighted by Crippen LogP contribution is 2.38. The first-order chi connectivity index (χ1) is 13.6. The van der Waals surface area contributed by atoms with Gasteiger partial charge in [0.1, 0.15) is 11.3 Å². The molecule has 2 N–H and O–H groups in total. The zero-order chi connectivity index (χ0) is 19.6. The van der Waals surface area contributed by atoms with Crippen molar-refractivity contribution in [1.29, 1.82) is 0 Å². The minimum absolute atomic E-state index is 0.0589. The van der Waals surface area contributed by atoms with E-state index in [4.69, 9.17) is 9.26 Å². The van der Waals surface area contributed by atoms with Crippen molar-refractivity contribution in [3.63, 3.8) is 0 Å². The Morgan fingerprint density at radius 2 is 2.14 bits per heavy atom. The summed E-state index contributed by atoms with van der Waals surface area (Å²) in [6, 6.07) is 1.57. The third-order valence-corrected chi connectivity index (χ3v) is 6.41. The maximum Gasteiger partial charge on any atom is 0.273 e. The lowest BCUT2D eigenvalue weighted by atomic mass is 9.84. The Bertz CT molecular complexity index is 715. The van der Waals surface area contributed by atoms with Gasteiger partial charge in [0.2, 0.25) is 5.91 Å². The fraction of sp³-hybridized carbons (Fsp3) is 0.750.